The van der Waals surface area contributed by atoms with Crippen LogP contribution in [-0.4, -0.2) is 17.6 Å². The van der Waals surface area contributed by atoms with Crippen molar-refractivity contribution in [2.75, 3.05) is 6.54 Å². The van der Waals surface area contributed by atoms with Crippen molar-refractivity contribution in [2.24, 2.45) is 5.92 Å². The van der Waals surface area contributed by atoms with Crippen LogP contribution in [0.4, 0.5) is 0 Å². The smallest absolute Gasteiger partial charge is 0.335 e. The van der Waals surface area contributed by atoms with Crippen LogP contribution in [0.15, 0.2) is 24.3 Å². The van der Waals surface area contributed by atoms with Crippen molar-refractivity contribution in [1.29, 1.82) is 0 Å². The first-order valence-corrected chi connectivity index (χ1v) is 6.28. The van der Waals surface area contributed by atoms with Gasteiger partial charge in [-0.1, -0.05) is 31.4 Å². The number of nitrogens with one attached hydrogen (secondary N) is 1. The molecule has 0 spiro atoms. The highest BCUT2D eigenvalue weighted by atomic mass is 16.4. The molecule has 3 heteroatoms. The molecule has 0 aliphatic heterocycles. The highest BCUT2D eigenvalue weighted by molar-refractivity contribution is 5.87. The van der Waals surface area contributed by atoms with Crippen LogP contribution in [0.3, 0.4) is 0 Å². The van der Waals surface area contributed by atoms with Crippen molar-refractivity contribution in [1.82, 2.24) is 5.32 Å². The van der Waals surface area contributed by atoms with E-state index in [4.69, 9.17) is 5.11 Å². The van der Waals surface area contributed by atoms with Gasteiger partial charge in [0.2, 0.25) is 0 Å². The second kappa shape index (κ2) is 5.82. The number of hydrogen-bond acceptors (Lipinski definition) is 2. The van der Waals surface area contributed by atoms with E-state index in [1.54, 1.807) is 12.1 Å². The summed E-state index contributed by atoms with van der Waals surface area (Å²) >= 11 is 0. The Bertz CT molecular complexity index is 368. The molecule has 0 amide bonds. The molecule has 0 aromatic heterocycles. The van der Waals surface area contributed by atoms with Crippen LogP contribution in [0.2, 0.25) is 0 Å². The Kier molecular flexibility index (Phi) is 4.15. The second-order valence-corrected chi connectivity index (χ2v) is 4.76. The Hall–Kier alpha value is -1.35. The van der Waals surface area contributed by atoms with Crippen molar-refractivity contribution in [3.8, 4) is 0 Å². The Balaban J connectivity index is 1.69. The summed E-state index contributed by atoms with van der Waals surface area (Å²) in [6.45, 7) is 1.89. The van der Waals surface area contributed by atoms with E-state index in [1.807, 2.05) is 12.1 Å². The summed E-state index contributed by atoms with van der Waals surface area (Å²) in [5, 5.41) is 12.2. The van der Waals surface area contributed by atoms with E-state index in [1.165, 1.54) is 25.7 Å². The zero-order chi connectivity index (χ0) is 12.1. The minimum atomic E-state index is -0.866. The van der Waals surface area contributed by atoms with Gasteiger partial charge in [0.25, 0.3) is 0 Å². The Morgan fingerprint density at radius 2 is 2.00 bits per heavy atom. The van der Waals surface area contributed by atoms with Crippen molar-refractivity contribution in [2.45, 2.75) is 32.2 Å². The van der Waals surface area contributed by atoms with Gasteiger partial charge in [-0.25, -0.2) is 4.79 Å². The maximum absolute atomic E-state index is 10.7. The molecule has 1 aromatic carbocycles. The first-order valence-electron chi connectivity index (χ1n) is 6.28. The summed E-state index contributed by atoms with van der Waals surface area (Å²) in [5.74, 6) is 0.0754. The van der Waals surface area contributed by atoms with Crippen LogP contribution in [-0.2, 0) is 6.54 Å². The molecule has 3 nitrogen and oxygen atoms in total. The molecule has 0 heterocycles. The van der Waals surface area contributed by atoms with Gasteiger partial charge in [-0.15, -0.1) is 0 Å². The van der Waals surface area contributed by atoms with E-state index in [0.717, 1.165) is 24.6 Å². The second-order valence-electron chi connectivity index (χ2n) is 4.76. The topological polar surface area (TPSA) is 49.3 Å². The number of carboxylic acid groups (broad SMARTS) is 1. The maximum Gasteiger partial charge on any atom is 0.335 e. The molecule has 1 fully saturated rings. The van der Waals surface area contributed by atoms with Gasteiger partial charge in [0, 0.05) is 6.54 Å². The highest BCUT2D eigenvalue weighted by Gasteiger charge is 2.16. The minimum absolute atomic E-state index is 0.350. The summed E-state index contributed by atoms with van der Waals surface area (Å²) in [5.41, 5.74) is 1.49. The van der Waals surface area contributed by atoms with E-state index in [9.17, 15) is 4.79 Å². The van der Waals surface area contributed by atoms with Crippen LogP contribution < -0.4 is 5.32 Å². The summed E-state index contributed by atoms with van der Waals surface area (Å²) in [6.07, 6.45) is 5.47. The number of rotatable bonds is 6. The minimum Gasteiger partial charge on any atom is -0.478 e. The Morgan fingerprint density at radius 1 is 1.29 bits per heavy atom. The van der Waals surface area contributed by atoms with Crippen molar-refractivity contribution < 1.29 is 9.90 Å². The largest absolute Gasteiger partial charge is 0.478 e. The van der Waals surface area contributed by atoms with Gasteiger partial charge in [0.05, 0.1) is 5.56 Å². The average molecular weight is 233 g/mol. The summed E-state index contributed by atoms with van der Waals surface area (Å²) < 4.78 is 0. The van der Waals surface area contributed by atoms with E-state index < -0.39 is 5.97 Å². The van der Waals surface area contributed by atoms with E-state index >= 15 is 0 Å². The lowest BCUT2D eigenvalue weighted by molar-refractivity contribution is 0.0697. The van der Waals surface area contributed by atoms with Gasteiger partial charge in [-0.3, -0.25) is 0 Å². The van der Waals surface area contributed by atoms with E-state index in [0.29, 0.717) is 5.56 Å². The Labute approximate surface area is 102 Å². The number of aromatic carboxylic acids is 1. The molecule has 2 rings (SSSR count). The van der Waals surface area contributed by atoms with Gasteiger partial charge in [0.15, 0.2) is 0 Å². The zero-order valence-corrected chi connectivity index (χ0v) is 9.98. The molecule has 92 valence electrons. The summed E-state index contributed by atoms with van der Waals surface area (Å²) in [7, 11) is 0. The van der Waals surface area contributed by atoms with E-state index in [-0.39, 0.29) is 0 Å². The predicted octanol–water partition coefficient (Wildman–Crippen LogP) is 2.66. The van der Waals surface area contributed by atoms with Gasteiger partial charge in [-0.2, -0.15) is 0 Å². The fraction of sp³-hybridized carbons (Fsp3) is 0.500. The summed E-state index contributed by atoms with van der Waals surface area (Å²) in [6, 6.07) is 7.07. The molecule has 17 heavy (non-hydrogen) atoms. The number of carbonyl (C=O) groups is 1. The first kappa shape index (κ1) is 12.1. The van der Waals surface area contributed by atoms with Gasteiger partial charge in [0.1, 0.15) is 0 Å². The lowest BCUT2D eigenvalue weighted by atomic mass is 9.83. The molecule has 1 aromatic rings. The van der Waals surface area contributed by atoms with Crippen LogP contribution >= 0.6 is 0 Å². The molecule has 1 aliphatic rings. The molecule has 0 bridgehead atoms. The molecule has 1 aliphatic carbocycles. The van der Waals surface area contributed by atoms with Gasteiger partial charge >= 0.3 is 5.97 Å². The van der Waals surface area contributed by atoms with Gasteiger partial charge < -0.3 is 10.4 Å². The first-order chi connectivity index (χ1) is 8.25. The normalized spacial score (nSPS) is 15.5. The number of hydrogen-bond donors (Lipinski definition) is 2. The van der Waals surface area contributed by atoms with Gasteiger partial charge in [-0.05, 0) is 36.6 Å². The lowest BCUT2D eigenvalue weighted by Gasteiger charge is -2.25. The third-order valence-corrected chi connectivity index (χ3v) is 3.48. The highest BCUT2D eigenvalue weighted by Crippen LogP contribution is 2.28. The molecule has 0 unspecified atom stereocenters. The predicted molar refractivity (Wildman–Crippen MR) is 67.1 cm³/mol. The fourth-order valence-electron chi connectivity index (χ4n) is 2.09. The van der Waals surface area contributed by atoms with Crippen LogP contribution in [0, 0.1) is 5.92 Å². The van der Waals surface area contributed by atoms with Crippen molar-refractivity contribution >= 4 is 5.97 Å². The zero-order valence-electron chi connectivity index (χ0n) is 9.98. The SMILES string of the molecule is O=C(O)c1ccc(CNCCC2CCC2)cc1. The third kappa shape index (κ3) is 3.56. The van der Waals surface area contributed by atoms with Crippen molar-refractivity contribution in [3.63, 3.8) is 0 Å². The van der Waals surface area contributed by atoms with Crippen molar-refractivity contribution in [3.05, 3.63) is 35.4 Å². The van der Waals surface area contributed by atoms with Crippen LogP contribution in [0.5, 0.6) is 0 Å². The van der Waals surface area contributed by atoms with E-state index in [2.05, 4.69) is 5.32 Å². The monoisotopic (exact) mass is 233 g/mol. The summed E-state index contributed by atoms with van der Waals surface area (Å²) in [4.78, 5) is 10.7. The van der Waals surface area contributed by atoms with Crippen LogP contribution in [0.25, 0.3) is 0 Å². The fourth-order valence-corrected chi connectivity index (χ4v) is 2.09. The number of benzene rings is 1. The molecular formula is C14H19NO2. The van der Waals surface area contributed by atoms with Crippen LogP contribution in [0.1, 0.15) is 41.6 Å². The average Bonchev–Trinajstić information content (AvgIpc) is 2.27. The molecule has 0 saturated heterocycles. The molecular weight excluding hydrogens is 214 g/mol. The lowest BCUT2D eigenvalue weighted by Crippen LogP contribution is -2.21. The maximum atomic E-state index is 10.7. The Morgan fingerprint density at radius 3 is 2.53 bits per heavy atom. The standard InChI is InChI=1S/C14H19NO2/c16-14(17)13-6-4-12(5-7-13)10-15-9-8-11-2-1-3-11/h4-7,11,15H,1-3,8-10H2,(H,16,17). The third-order valence-electron chi connectivity index (χ3n) is 3.48. The number of carboxylic acids is 1. The quantitative estimate of drug-likeness (QED) is 0.743. The molecule has 0 atom stereocenters. The molecule has 1 saturated carbocycles. The molecule has 0 radical (unpaired) electrons. The molecule has 2 N–H and O–H groups in total.